The highest BCUT2D eigenvalue weighted by atomic mass is 35.5. The van der Waals surface area contributed by atoms with E-state index in [2.05, 4.69) is 0 Å². The number of benzene rings is 3. The van der Waals surface area contributed by atoms with Gasteiger partial charge >= 0.3 is 17.9 Å². The van der Waals surface area contributed by atoms with Crippen molar-refractivity contribution in [1.29, 1.82) is 0 Å². The maximum Gasteiger partial charge on any atom is 0.339 e. The Kier molecular flexibility index (Phi) is 6.06. The van der Waals surface area contributed by atoms with E-state index in [4.69, 9.17) is 50.8 Å². The third kappa shape index (κ3) is 3.82. The first-order chi connectivity index (χ1) is 16.3. The molecular formula is C22H8Cl4O9. The summed E-state index contributed by atoms with van der Waals surface area (Å²) in [5.41, 5.74) is -3.68. The van der Waals surface area contributed by atoms with E-state index in [9.17, 15) is 39.6 Å². The molecule has 2 aromatic carbocycles. The minimum absolute atomic E-state index is 0.110. The largest absolute Gasteiger partial charge is 0.507 e. The van der Waals surface area contributed by atoms with Gasteiger partial charge in [-0.1, -0.05) is 46.4 Å². The van der Waals surface area contributed by atoms with Gasteiger partial charge in [0.15, 0.2) is 5.43 Å². The lowest BCUT2D eigenvalue weighted by Gasteiger charge is -2.20. The van der Waals surface area contributed by atoms with Crippen molar-refractivity contribution >= 4 is 75.3 Å². The van der Waals surface area contributed by atoms with Crippen LogP contribution in [-0.4, -0.2) is 38.3 Å². The molecule has 35 heavy (non-hydrogen) atoms. The van der Waals surface area contributed by atoms with Crippen LogP contribution in [0.5, 0.6) is 5.75 Å². The normalized spacial score (nSPS) is 11.2. The first-order valence-corrected chi connectivity index (χ1v) is 10.7. The molecule has 0 fully saturated rings. The maximum absolute atomic E-state index is 12.3. The van der Waals surface area contributed by atoms with Crippen LogP contribution in [0.4, 0.5) is 0 Å². The molecule has 178 valence electrons. The molecule has 1 heterocycles. The molecule has 0 spiro atoms. The molecule has 13 heteroatoms. The van der Waals surface area contributed by atoms with Crippen molar-refractivity contribution in [3.63, 3.8) is 0 Å². The fraction of sp³-hybridized carbons (Fsp3) is 0. The van der Waals surface area contributed by atoms with Crippen molar-refractivity contribution in [1.82, 2.24) is 0 Å². The molecule has 9 nitrogen and oxygen atoms in total. The number of carboxylic acids is 3. The molecule has 0 amide bonds. The minimum Gasteiger partial charge on any atom is -0.507 e. The second kappa shape index (κ2) is 8.62. The Bertz CT molecular complexity index is 1660. The van der Waals surface area contributed by atoms with Gasteiger partial charge in [0.2, 0.25) is 0 Å². The van der Waals surface area contributed by atoms with Gasteiger partial charge in [-0.2, -0.15) is 0 Å². The number of aromatic hydroxyl groups is 1. The molecule has 1 aliphatic carbocycles. The average Bonchev–Trinajstić information content (AvgIpc) is 2.77. The standard InChI is InChI=1S/C22H8Cl4O9/c23-16-14(15(22(33)34)17(24)19(26)18(16)25)13-7-1-5(20(29)30)9(27)3-11(7)35-12-4-10(28)6(21(31)32)2-8(12)13/h1-4,27H,(H,29,30)(H,31,32)(H,33,34). The van der Waals surface area contributed by atoms with Gasteiger partial charge in [-0.05, 0) is 12.1 Å². The predicted molar refractivity (Wildman–Crippen MR) is 127 cm³/mol. The molecule has 1 aliphatic heterocycles. The Hall–Kier alpha value is -3.50. The highest BCUT2D eigenvalue weighted by Gasteiger charge is 2.31. The Balaban J connectivity index is 2.39. The number of phenols is 1. The van der Waals surface area contributed by atoms with Crippen molar-refractivity contribution in [2.45, 2.75) is 0 Å². The quantitative estimate of drug-likeness (QED) is 0.134. The first-order valence-electron chi connectivity index (χ1n) is 9.18. The number of carbonyl (C=O) groups is 3. The van der Waals surface area contributed by atoms with Crippen molar-refractivity contribution in [3.05, 3.63) is 71.3 Å². The number of rotatable bonds is 4. The fourth-order valence-electron chi connectivity index (χ4n) is 3.63. The summed E-state index contributed by atoms with van der Waals surface area (Å²) in [6.45, 7) is 0. The summed E-state index contributed by atoms with van der Waals surface area (Å²) >= 11 is 24.8. The molecule has 0 unspecified atom stereocenters. The topological polar surface area (TPSA) is 162 Å². The van der Waals surface area contributed by atoms with Crippen molar-refractivity contribution in [2.75, 3.05) is 0 Å². The average molecular weight is 558 g/mol. The molecule has 2 aromatic rings. The monoisotopic (exact) mass is 556 g/mol. The molecule has 0 radical (unpaired) electrons. The number of aromatic carboxylic acids is 3. The van der Waals surface area contributed by atoms with Crippen LogP contribution in [0.1, 0.15) is 31.1 Å². The minimum atomic E-state index is -1.59. The highest BCUT2D eigenvalue weighted by molar-refractivity contribution is 6.54. The van der Waals surface area contributed by atoms with E-state index in [1.54, 1.807) is 0 Å². The van der Waals surface area contributed by atoms with E-state index in [1.807, 2.05) is 0 Å². The van der Waals surface area contributed by atoms with E-state index in [0.717, 1.165) is 24.3 Å². The summed E-state index contributed by atoms with van der Waals surface area (Å²) in [5.74, 6) is -5.63. The molecule has 0 aromatic heterocycles. The zero-order valence-electron chi connectivity index (χ0n) is 16.7. The van der Waals surface area contributed by atoms with E-state index in [1.165, 1.54) is 0 Å². The molecule has 0 saturated heterocycles. The summed E-state index contributed by atoms with van der Waals surface area (Å²) in [5, 5.41) is 37.3. The molecule has 0 atom stereocenters. The molecule has 0 saturated carbocycles. The summed E-state index contributed by atoms with van der Waals surface area (Å²) in [7, 11) is 0. The summed E-state index contributed by atoms with van der Waals surface area (Å²) in [4.78, 5) is 47.8. The smallest absolute Gasteiger partial charge is 0.339 e. The lowest BCUT2D eigenvalue weighted by atomic mass is 9.89. The zero-order valence-corrected chi connectivity index (χ0v) is 19.7. The van der Waals surface area contributed by atoms with Crippen LogP contribution in [0.25, 0.3) is 33.4 Å². The van der Waals surface area contributed by atoms with Gasteiger partial charge in [0.25, 0.3) is 0 Å². The van der Waals surface area contributed by atoms with Gasteiger partial charge < -0.3 is 24.8 Å². The van der Waals surface area contributed by atoms with E-state index in [-0.39, 0.29) is 43.5 Å². The Labute approximate surface area is 213 Å². The van der Waals surface area contributed by atoms with Crippen molar-refractivity contribution in [3.8, 4) is 28.2 Å². The van der Waals surface area contributed by atoms with Gasteiger partial charge in [0.05, 0.1) is 25.7 Å². The SMILES string of the molecule is O=C(O)c1cc2c(-c3c(Cl)c(Cl)c(Cl)c(Cl)c3C(=O)O)c3cc(C(=O)O)c(=O)cc-3oc2cc1O. The van der Waals surface area contributed by atoms with Crippen LogP contribution in [0.2, 0.25) is 20.1 Å². The number of carboxylic acid groups (broad SMARTS) is 3. The van der Waals surface area contributed by atoms with Gasteiger partial charge in [-0.15, -0.1) is 0 Å². The Morgan fingerprint density at radius 2 is 1.31 bits per heavy atom. The van der Waals surface area contributed by atoms with Crippen LogP contribution in [0.15, 0.2) is 33.5 Å². The van der Waals surface area contributed by atoms with E-state index < -0.39 is 55.8 Å². The molecular weight excluding hydrogens is 550 g/mol. The van der Waals surface area contributed by atoms with Crippen LogP contribution >= 0.6 is 46.4 Å². The summed E-state index contributed by atoms with van der Waals surface area (Å²) < 4.78 is 5.64. The van der Waals surface area contributed by atoms with Crippen LogP contribution in [0, 0.1) is 0 Å². The number of hydrogen-bond donors (Lipinski definition) is 4. The van der Waals surface area contributed by atoms with Crippen molar-refractivity contribution in [2.24, 2.45) is 0 Å². The van der Waals surface area contributed by atoms with Gasteiger partial charge in [0.1, 0.15) is 28.2 Å². The van der Waals surface area contributed by atoms with Crippen molar-refractivity contribution < 1.29 is 39.2 Å². The predicted octanol–water partition coefficient (Wildman–Crippen LogP) is 5.98. The molecule has 4 rings (SSSR count). The van der Waals surface area contributed by atoms with E-state index in [0.29, 0.717) is 0 Å². The van der Waals surface area contributed by atoms with Gasteiger partial charge in [0, 0.05) is 34.2 Å². The van der Waals surface area contributed by atoms with Gasteiger partial charge in [-0.25, -0.2) is 14.4 Å². The van der Waals surface area contributed by atoms with Gasteiger partial charge in [-0.3, -0.25) is 4.79 Å². The zero-order chi connectivity index (χ0) is 25.9. The third-order valence-electron chi connectivity index (χ3n) is 5.13. The van der Waals surface area contributed by atoms with E-state index >= 15 is 0 Å². The van der Waals surface area contributed by atoms with Crippen LogP contribution in [-0.2, 0) is 0 Å². The maximum atomic E-state index is 12.3. The lowest BCUT2D eigenvalue weighted by Crippen LogP contribution is -2.15. The molecule has 2 aliphatic rings. The molecule has 0 bridgehead atoms. The third-order valence-corrected chi connectivity index (χ3v) is 6.93. The second-order valence-corrected chi connectivity index (χ2v) is 8.62. The first kappa shape index (κ1) is 24.6. The lowest BCUT2D eigenvalue weighted by molar-refractivity contribution is 0.0683. The van der Waals surface area contributed by atoms with Crippen LogP contribution in [0.3, 0.4) is 0 Å². The Morgan fingerprint density at radius 3 is 1.89 bits per heavy atom. The van der Waals surface area contributed by atoms with Crippen LogP contribution < -0.4 is 5.43 Å². The summed E-state index contributed by atoms with van der Waals surface area (Å²) in [6.07, 6.45) is 0. The number of hydrogen-bond acceptors (Lipinski definition) is 6. The highest BCUT2D eigenvalue weighted by Crippen LogP contribution is 2.51. The molecule has 4 N–H and O–H groups in total. The number of fused-ring (bicyclic) bond motifs is 2. The number of halogens is 4. The summed E-state index contributed by atoms with van der Waals surface area (Å²) in [6, 6.07) is 3.67. The Morgan fingerprint density at radius 1 is 0.714 bits per heavy atom. The fourth-order valence-corrected chi connectivity index (χ4v) is 4.66. The second-order valence-electron chi connectivity index (χ2n) is 7.11.